The number of hydrogen-bond acceptors (Lipinski definition) is 5. The number of anilines is 1. The molecule has 5 heteroatoms. The smallest absolute Gasteiger partial charge is 0.128 e. The third-order valence-electron chi connectivity index (χ3n) is 3.83. The normalized spacial score (nSPS) is 16.6. The molecule has 1 fully saturated rings. The number of piperidine rings is 1. The molecule has 2 heterocycles. The maximum absolute atomic E-state index is 5.60. The SMILES string of the molecule is CN(C)CCOCCNC1CCN(c2ccccn2)CC1. The molecule has 1 aliphatic rings. The molecule has 1 aliphatic heterocycles. The Morgan fingerprint density at radius 1 is 1.29 bits per heavy atom. The summed E-state index contributed by atoms with van der Waals surface area (Å²) in [6, 6.07) is 6.72. The molecule has 0 unspecified atom stereocenters. The van der Waals surface area contributed by atoms with Gasteiger partial charge in [-0.15, -0.1) is 0 Å². The number of nitrogens with one attached hydrogen (secondary N) is 1. The van der Waals surface area contributed by atoms with E-state index in [4.69, 9.17) is 4.74 Å². The molecule has 0 aromatic carbocycles. The lowest BCUT2D eigenvalue weighted by atomic mass is 10.1. The molecule has 0 amide bonds. The fourth-order valence-electron chi connectivity index (χ4n) is 2.54. The van der Waals surface area contributed by atoms with Gasteiger partial charge in [0.25, 0.3) is 0 Å². The lowest BCUT2D eigenvalue weighted by Crippen LogP contribution is -2.43. The van der Waals surface area contributed by atoms with Crippen molar-refractivity contribution in [3.8, 4) is 0 Å². The zero-order valence-electron chi connectivity index (χ0n) is 13.3. The second-order valence-electron chi connectivity index (χ2n) is 5.82. The molecule has 21 heavy (non-hydrogen) atoms. The second-order valence-corrected chi connectivity index (χ2v) is 5.82. The van der Waals surface area contributed by atoms with Crippen molar-refractivity contribution in [3.05, 3.63) is 24.4 Å². The highest BCUT2D eigenvalue weighted by atomic mass is 16.5. The van der Waals surface area contributed by atoms with E-state index >= 15 is 0 Å². The number of pyridine rings is 1. The van der Waals surface area contributed by atoms with E-state index in [1.165, 1.54) is 12.8 Å². The minimum absolute atomic E-state index is 0.613. The van der Waals surface area contributed by atoms with Gasteiger partial charge in [-0.3, -0.25) is 0 Å². The van der Waals surface area contributed by atoms with E-state index in [-0.39, 0.29) is 0 Å². The number of aromatic nitrogens is 1. The average Bonchev–Trinajstić information content (AvgIpc) is 2.52. The fourth-order valence-corrected chi connectivity index (χ4v) is 2.54. The maximum atomic E-state index is 5.60. The zero-order valence-corrected chi connectivity index (χ0v) is 13.3. The van der Waals surface area contributed by atoms with Gasteiger partial charge in [0.15, 0.2) is 0 Å². The van der Waals surface area contributed by atoms with E-state index in [0.29, 0.717) is 6.04 Å². The number of ether oxygens (including phenoxy) is 1. The van der Waals surface area contributed by atoms with Crippen molar-refractivity contribution >= 4 is 5.82 Å². The molecule has 118 valence electrons. The van der Waals surface area contributed by atoms with Crippen LogP contribution in [0.1, 0.15) is 12.8 Å². The highest BCUT2D eigenvalue weighted by molar-refractivity contribution is 5.38. The van der Waals surface area contributed by atoms with Gasteiger partial charge in [0.2, 0.25) is 0 Å². The summed E-state index contributed by atoms with van der Waals surface area (Å²) in [5, 5.41) is 3.60. The topological polar surface area (TPSA) is 40.6 Å². The molecule has 0 bridgehead atoms. The molecular weight excluding hydrogens is 264 g/mol. The predicted octanol–water partition coefficient (Wildman–Crippen LogP) is 1.22. The van der Waals surface area contributed by atoms with Crippen molar-refractivity contribution in [2.75, 3.05) is 58.4 Å². The lowest BCUT2D eigenvalue weighted by molar-refractivity contribution is 0.117. The van der Waals surface area contributed by atoms with E-state index in [1.54, 1.807) is 0 Å². The Morgan fingerprint density at radius 2 is 2.10 bits per heavy atom. The molecule has 0 atom stereocenters. The molecule has 1 aromatic heterocycles. The van der Waals surface area contributed by atoms with Crippen molar-refractivity contribution in [2.45, 2.75) is 18.9 Å². The van der Waals surface area contributed by atoms with Crippen LogP contribution in [0.5, 0.6) is 0 Å². The van der Waals surface area contributed by atoms with Crippen molar-refractivity contribution < 1.29 is 4.74 Å². The first-order chi connectivity index (χ1) is 10.3. The summed E-state index contributed by atoms with van der Waals surface area (Å²) < 4.78 is 5.60. The molecule has 5 nitrogen and oxygen atoms in total. The van der Waals surface area contributed by atoms with Gasteiger partial charge in [0.05, 0.1) is 13.2 Å². The van der Waals surface area contributed by atoms with Crippen LogP contribution in [0.4, 0.5) is 5.82 Å². The quantitative estimate of drug-likeness (QED) is 0.730. The van der Waals surface area contributed by atoms with Crippen molar-refractivity contribution in [3.63, 3.8) is 0 Å². The fraction of sp³-hybridized carbons (Fsp3) is 0.688. The van der Waals surface area contributed by atoms with Gasteiger partial charge >= 0.3 is 0 Å². The Kier molecular flexibility index (Phi) is 6.92. The van der Waals surface area contributed by atoms with E-state index < -0.39 is 0 Å². The van der Waals surface area contributed by atoms with Crippen LogP contribution in [0.15, 0.2) is 24.4 Å². The van der Waals surface area contributed by atoms with Gasteiger partial charge in [-0.25, -0.2) is 4.98 Å². The third kappa shape index (κ3) is 5.99. The maximum Gasteiger partial charge on any atom is 0.128 e. The average molecular weight is 292 g/mol. The zero-order chi connectivity index (χ0) is 14.9. The summed E-state index contributed by atoms with van der Waals surface area (Å²) in [4.78, 5) is 8.93. The second kappa shape index (κ2) is 8.97. The highest BCUT2D eigenvalue weighted by Crippen LogP contribution is 2.16. The first kappa shape index (κ1) is 16.2. The molecule has 1 saturated heterocycles. The van der Waals surface area contributed by atoms with Gasteiger partial charge in [-0.2, -0.15) is 0 Å². The van der Waals surface area contributed by atoms with E-state index in [2.05, 4.69) is 46.3 Å². The number of hydrogen-bond donors (Lipinski definition) is 1. The van der Waals surface area contributed by atoms with Crippen LogP contribution >= 0.6 is 0 Å². The largest absolute Gasteiger partial charge is 0.379 e. The Balaban J connectivity index is 1.55. The predicted molar refractivity (Wildman–Crippen MR) is 86.8 cm³/mol. The Bertz CT molecular complexity index is 377. The van der Waals surface area contributed by atoms with E-state index in [1.807, 2.05) is 12.3 Å². The Labute approximate surface area is 128 Å². The number of nitrogens with zero attached hydrogens (tertiary/aromatic N) is 3. The monoisotopic (exact) mass is 292 g/mol. The van der Waals surface area contributed by atoms with Crippen LogP contribution < -0.4 is 10.2 Å². The summed E-state index contributed by atoms with van der Waals surface area (Å²) in [5.74, 6) is 1.10. The van der Waals surface area contributed by atoms with Gasteiger partial charge < -0.3 is 19.9 Å². The van der Waals surface area contributed by atoms with Crippen molar-refractivity contribution in [1.29, 1.82) is 0 Å². The number of rotatable bonds is 8. The summed E-state index contributed by atoms with van der Waals surface area (Å²) in [5.41, 5.74) is 0. The molecule has 1 N–H and O–H groups in total. The van der Waals surface area contributed by atoms with Crippen molar-refractivity contribution in [1.82, 2.24) is 15.2 Å². The van der Waals surface area contributed by atoms with Crippen LogP contribution in [0.2, 0.25) is 0 Å². The van der Waals surface area contributed by atoms with Gasteiger partial charge in [0, 0.05) is 38.4 Å². The van der Waals surface area contributed by atoms with Crippen LogP contribution in [0.25, 0.3) is 0 Å². The molecule has 0 aliphatic carbocycles. The minimum Gasteiger partial charge on any atom is -0.379 e. The molecule has 0 spiro atoms. The van der Waals surface area contributed by atoms with Crippen LogP contribution in [0, 0.1) is 0 Å². The van der Waals surface area contributed by atoms with Crippen LogP contribution in [-0.2, 0) is 4.74 Å². The summed E-state index contributed by atoms with van der Waals surface area (Å²) in [6.45, 7) is 5.71. The standard InChI is InChI=1S/C16H28N4O/c1-19(2)12-14-21-13-9-17-15-6-10-20(11-7-15)16-5-3-4-8-18-16/h3-5,8,15,17H,6-7,9-14H2,1-2H3. The lowest BCUT2D eigenvalue weighted by Gasteiger charge is -2.33. The van der Waals surface area contributed by atoms with E-state index in [0.717, 1.165) is 45.2 Å². The molecular formula is C16H28N4O. The van der Waals surface area contributed by atoms with E-state index in [9.17, 15) is 0 Å². The molecule has 2 rings (SSSR count). The first-order valence-corrected chi connectivity index (χ1v) is 7.87. The Morgan fingerprint density at radius 3 is 2.76 bits per heavy atom. The van der Waals surface area contributed by atoms with Crippen LogP contribution in [-0.4, -0.2) is 69.4 Å². The minimum atomic E-state index is 0.613. The van der Waals surface area contributed by atoms with Gasteiger partial charge in [0.1, 0.15) is 5.82 Å². The Hall–Kier alpha value is -1.17. The first-order valence-electron chi connectivity index (χ1n) is 7.87. The highest BCUT2D eigenvalue weighted by Gasteiger charge is 2.19. The van der Waals surface area contributed by atoms with Gasteiger partial charge in [-0.05, 0) is 39.1 Å². The molecule has 0 saturated carbocycles. The summed E-state index contributed by atoms with van der Waals surface area (Å²) >= 11 is 0. The molecule has 0 radical (unpaired) electrons. The molecule has 1 aromatic rings. The third-order valence-corrected chi connectivity index (χ3v) is 3.83. The van der Waals surface area contributed by atoms with Gasteiger partial charge in [-0.1, -0.05) is 6.07 Å². The van der Waals surface area contributed by atoms with Crippen LogP contribution in [0.3, 0.4) is 0 Å². The summed E-state index contributed by atoms with van der Waals surface area (Å²) in [7, 11) is 4.13. The number of likely N-dealkylation sites (N-methyl/N-ethyl adjacent to an activating group) is 1. The van der Waals surface area contributed by atoms with Crippen molar-refractivity contribution in [2.24, 2.45) is 0 Å². The summed E-state index contributed by atoms with van der Waals surface area (Å²) in [6.07, 6.45) is 4.22.